The van der Waals surface area contributed by atoms with E-state index >= 15 is 0 Å². The van der Waals surface area contributed by atoms with Crippen molar-refractivity contribution in [3.63, 3.8) is 0 Å². The van der Waals surface area contributed by atoms with Gasteiger partial charge in [0.15, 0.2) is 0 Å². The quantitative estimate of drug-likeness (QED) is 0.845. The Balaban J connectivity index is 2.38. The lowest BCUT2D eigenvalue weighted by atomic mass is 9.82. The third-order valence-corrected chi connectivity index (χ3v) is 4.30. The molecule has 1 atom stereocenters. The number of aromatic nitrogens is 1. The molecule has 1 aromatic heterocycles. The van der Waals surface area contributed by atoms with Crippen LogP contribution in [0.25, 0.3) is 0 Å². The van der Waals surface area contributed by atoms with Gasteiger partial charge in [0.25, 0.3) is 0 Å². The van der Waals surface area contributed by atoms with E-state index in [0.29, 0.717) is 24.8 Å². The molecular weight excluding hydrogens is 268 g/mol. The molecule has 1 rings (SSSR count). The molecule has 0 aliphatic carbocycles. The van der Waals surface area contributed by atoms with Gasteiger partial charge >= 0.3 is 0 Å². The van der Waals surface area contributed by atoms with E-state index in [1.807, 2.05) is 5.38 Å². The Morgan fingerprint density at radius 3 is 2.72 bits per heavy atom. The molecule has 0 saturated carbocycles. The van der Waals surface area contributed by atoms with Crippen LogP contribution in [-0.2, 0) is 17.1 Å². The summed E-state index contributed by atoms with van der Waals surface area (Å²) in [6.07, 6.45) is 0.346. The predicted octanol–water partition coefficient (Wildman–Crippen LogP) is 3.22. The number of thiazole rings is 1. The first kappa shape index (κ1) is 15.4. The molecule has 1 heterocycles. The highest BCUT2D eigenvalue weighted by atomic mass is 35.5. The first-order valence-corrected chi connectivity index (χ1v) is 7.50. The Hall–Kier alpha value is -0.610. The van der Waals surface area contributed by atoms with Crippen molar-refractivity contribution in [2.24, 2.45) is 11.3 Å². The molecule has 1 aromatic rings. The van der Waals surface area contributed by atoms with Gasteiger partial charge in [0.1, 0.15) is 5.01 Å². The van der Waals surface area contributed by atoms with Crippen LogP contribution in [0.4, 0.5) is 0 Å². The van der Waals surface area contributed by atoms with E-state index in [9.17, 15) is 4.79 Å². The highest BCUT2D eigenvalue weighted by Crippen LogP contribution is 2.24. The van der Waals surface area contributed by atoms with Crippen molar-refractivity contribution in [2.45, 2.75) is 40.0 Å². The molecular formula is C13H21ClN2OS. The van der Waals surface area contributed by atoms with Crippen molar-refractivity contribution < 1.29 is 4.79 Å². The maximum absolute atomic E-state index is 11.8. The standard InChI is InChI=1S/C13H21ClN2OS/c1-9(13(2,3)4)7-15-11(17)5-12-16-10(6-14)8-18-12/h8-9H,5-7H2,1-4H3,(H,15,17). The number of rotatable bonds is 5. The topological polar surface area (TPSA) is 42.0 Å². The van der Waals surface area contributed by atoms with Gasteiger partial charge in [-0.3, -0.25) is 4.79 Å². The zero-order chi connectivity index (χ0) is 13.8. The minimum atomic E-state index is 0.0292. The number of hydrogen-bond donors (Lipinski definition) is 1. The first-order chi connectivity index (χ1) is 8.32. The number of nitrogens with zero attached hydrogens (tertiary/aromatic N) is 1. The molecule has 18 heavy (non-hydrogen) atoms. The summed E-state index contributed by atoms with van der Waals surface area (Å²) in [5.74, 6) is 0.872. The van der Waals surface area contributed by atoms with E-state index in [1.165, 1.54) is 11.3 Å². The fraction of sp³-hybridized carbons (Fsp3) is 0.692. The van der Waals surface area contributed by atoms with E-state index in [0.717, 1.165) is 10.7 Å². The number of nitrogens with one attached hydrogen (secondary N) is 1. The molecule has 5 heteroatoms. The first-order valence-electron chi connectivity index (χ1n) is 6.09. The molecule has 1 N–H and O–H groups in total. The van der Waals surface area contributed by atoms with Gasteiger partial charge in [-0.05, 0) is 11.3 Å². The van der Waals surface area contributed by atoms with Gasteiger partial charge in [0.2, 0.25) is 5.91 Å². The fourth-order valence-electron chi connectivity index (χ4n) is 1.26. The summed E-state index contributed by atoms with van der Waals surface area (Å²) in [7, 11) is 0. The van der Waals surface area contributed by atoms with Crippen LogP contribution in [0.15, 0.2) is 5.38 Å². The van der Waals surface area contributed by atoms with Crippen molar-refractivity contribution in [2.75, 3.05) is 6.54 Å². The maximum atomic E-state index is 11.8. The van der Waals surface area contributed by atoms with Crippen molar-refractivity contribution in [3.05, 3.63) is 16.1 Å². The monoisotopic (exact) mass is 288 g/mol. The second kappa shape index (κ2) is 6.53. The van der Waals surface area contributed by atoms with Crippen molar-refractivity contribution in [1.29, 1.82) is 0 Å². The average molecular weight is 289 g/mol. The van der Waals surface area contributed by atoms with Gasteiger partial charge in [0, 0.05) is 11.9 Å². The van der Waals surface area contributed by atoms with E-state index in [-0.39, 0.29) is 11.3 Å². The van der Waals surface area contributed by atoms with E-state index in [4.69, 9.17) is 11.6 Å². The van der Waals surface area contributed by atoms with Crippen molar-refractivity contribution in [3.8, 4) is 0 Å². The minimum Gasteiger partial charge on any atom is -0.355 e. The summed E-state index contributed by atoms with van der Waals surface area (Å²) in [6, 6.07) is 0. The van der Waals surface area contributed by atoms with Crippen molar-refractivity contribution in [1.82, 2.24) is 10.3 Å². The lowest BCUT2D eigenvalue weighted by molar-refractivity contribution is -0.120. The number of hydrogen-bond acceptors (Lipinski definition) is 3. The predicted molar refractivity (Wildman–Crippen MR) is 77.0 cm³/mol. The van der Waals surface area contributed by atoms with Crippen LogP contribution < -0.4 is 5.32 Å². The SMILES string of the molecule is CC(CNC(=O)Cc1nc(CCl)cs1)C(C)(C)C. The molecule has 0 aliphatic rings. The largest absolute Gasteiger partial charge is 0.355 e. The van der Waals surface area contributed by atoms with Crippen LogP contribution in [-0.4, -0.2) is 17.4 Å². The molecule has 0 spiro atoms. The molecule has 0 saturated heterocycles. The fourth-order valence-corrected chi connectivity index (χ4v) is 2.29. The van der Waals surface area contributed by atoms with Gasteiger partial charge < -0.3 is 5.32 Å². The van der Waals surface area contributed by atoms with Crippen LogP contribution in [0, 0.1) is 11.3 Å². The summed E-state index contributed by atoms with van der Waals surface area (Å²) in [4.78, 5) is 16.0. The second-order valence-corrected chi connectivity index (χ2v) is 6.82. The molecule has 1 amide bonds. The number of carbonyl (C=O) groups is 1. The molecule has 0 bridgehead atoms. The summed E-state index contributed by atoms with van der Waals surface area (Å²) in [5, 5.41) is 5.68. The van der Waals surface area contributed by atoms with Gasteiger partial charge in [-0.2, -0.15) is 0 Å². The Morgan fingerprint density at radius 2 is 2.22 bits per heavy atom. The van der Waals surface area contributed by atoms with Gasteiger partial charge in [-0.1, -0.05) is 27.7 Å². The van der Waals surface area contributed by atoms with Crippen LogP contribution in [0.2, 0.25) is 0 Å². The molecule has 0 aliphatic heterocycles. The zero-order valence-corrected chi connectivity index (χ0v) is 13.0. The van der Waals surface area contributed by atoms with Crippen LogP contribution >= 0.6 is 22.9 Å². The maximum Gasteiger partial charge on any atom is 0.226 e. The number of alkyl halides is 1. The Kier molecular flexibility index (Phi) is 5.60. The van der Waals surface area contributed by atoms with E-state index in [1.54, 1.807) is 0 Å². The molecule has 0 radical (unpaired) electrons. The van der Waals surface area contributed by atoms with Crippen LogP contribution in [0.5, 0.6) is 0 Å². The van der Waals surface area contributed by atoms with Crippen molar-refractivity contribution >= 4 is 28.8 Å². The number of halogens is 1. The van der Waals surface area contributed by atoms with Crippen LogP contribution in [0.3, 0.4) is 0 Å². The summed E-state index contributed by atoms with van der Waals surface area (Å²) in [5.41, 5.74) is 1.05. The van der Waals surface area contributed by atoms with E-state index < -0.39 is 0 Å². The van der Waals surface area contributed by atoms with E-state index in [2.05, 4.69) is 38.0 Å². The lowest BCUT2D eigenvalue weighted by Crippen LogP contribution is -2.34. The summed E-state index contributed by atoms with van der Waals surface area (Å²) in [6.45, 7) is 9.39. The zero-order valence-electron chi connectivity index (χ0n) is 11.4. The lowest BCUT2D eigenvalue weighted by Gasteiger charge is -2.27. The third-order valence-electron chi connectivity index (χ3n) is 3.13. The van der Waals surface area contributed by atoms with Gasteiger partial charge in [0.05, 0.1) is 18.0 Å². The summed E-state index contributed by atoms with van der Waals surface area (Å²) < 4.78 is 0. The Labute approximate surface area is 118 Å². The van der Waals surface area contributed by atoms with Crippen LogP contribution in [0.1, 0.15) is 38.4 Å². The highest BCUT2D eigenvalue weighted by molar-refractivity contribution is 7.09. The molecule has 102 valence electrons. The Bertz CT molecular complexity index is 398. The Morgan fingerprint density at radius 1 is 1.56 bits per heavy atom. The minimum absolute atomic E-state index is 0.0292. The average Bonchev–Trinajstić information content (AvgIpc) is 2.72. The third kappa shape index (κ3) is 4.94. The molecule has 0 aromatic carbocycles. The normalized spacial score (nSPS) is 13.4. The molecule has 1 unspecified atom stereocenters. The number of carbonyl (C=O) groups excluding carboxylic acids is 1. The van der Waals surface area contributed by atoms with Gasteiger partial charge in [-0.25, -0.2) is 4.98 Å². The number of amides is 1. The second-order valence-electron chi connectivity index (χ2n) is 5.61. The molecule has 3 nitrogen and oxygen atoms in total. The smallest absolute Gasteiger partial charge is 0.226 e. The summed E-state index contributed by atoms with van der Waals surface area (Å²) >= 11 is 7.16. The molecule has 0 fully saturated rings. The van der Waals surface area contributed by atoms with Gasteiger partial charge in [-0.15, -0.1) is 22.9 Å². The highest BCUT2D eigenvalue weighted by Gasteiger charge is 2.20.